The Hall–Kier alpha value is -2.95. The normalized spacial score (nSPS) is 20.9. The number of ether oxygens (including phenoxy) is 1. The van der Waals surface area contributed by atoms with Crippen molar-refractivity contribution in [1.82, 2.24) is 0 Å². The second-order valence-electron chi connectivity index (χ2n) is 8.47. The lowest BCUT2D eigenvalue weighted by molar-refractivity contribution is -0.140. The van der Waals surface area contributed by atoms with Gasteiger partial charge in [0.25, 0.3) is 0 Å². The Kier molecular flexibility index (Phi) is 9.03. The average Bonchev–Trinajstić information content (AvgIpc) is 3.49. The lowest BCUT2D eigenvalue weighted by Crippen LogP contribution is -2.15. The van der Waals surface area contributed by atoms with E-state index in [9.17, 15) is 23.1 Å². The molecule has 0 bridgehead atoms. The van der Waals surface area contributed by atoms with Crippen molar-refractivity contribution < 1.29 is 27.9 Å². The molecule has 0 radical (unpaired) electrons. The molecule has 2 aliphatic rings. The minimum atomic E-state index is -3.98. The molecule has 3 rings (SSSR count). The van der Waals surface area contributed by atoms with Gasteiger partial charge in [-0.3, -0.25) is 9.59 Å². The molecule has 2 aliphatic carbocycles. The summed E-state index contributed by atoms with van der Waals surface area (Å²) in [5.74, 6) is 4.42. The number of carbonyl (C=O) groups excluding carboxylic acids is 2. The van der Waals surface area contributed by atoms with Crippen LogP contribution in [-0.4, -0.2) is 38.5 Å². The number of aliphatic hydroxyl groups is 1. The number of methoxy groups -OCH3 is 1. The van der Waals surface area contributed by atoms with Crippen molar-refractivity contribution in [3.05, 3.63) is 65.1 Å². The second-order valence-corrected chi connectivity index (χ2v) is 10.4. The molecule has 1 fully saturated rings. The molecule has 1 N–H and O–H groups in total. The van der Waals surface area contributed by atoms with Crippen LogP contribution in [0.4, 0.5) is 0 Å². The van der Waals surface area contributed by atoms with Crippen molar-refractivity contribution in [3.63, 3.8) is 0 Å². The van der Waals surface area contributed by atoms with Gasteiger partial charge in [-0.25, -0.2) is 8.42 Å². The van der Waals surface area contributed by atoms with Crippen LogP contribution in [0.2, 0.25) is 0 Å². The van der Waals surface area contributed by atoms with Gasteiger partial charge in [0, 0.05) is 24.3 Å². The molecule has 2 atom stereocenters. The van der Waals surface area contributed by atoms with Crippen molar-refractivity contribution in [2.45, 2.75) is 55.9 Å². The molecule has 180 valence electrons. The molecular formula is C27H30O6S. The molecule has 1 saturated carbocycles. The Bertz CT molecular complexity index is 1140. The summed E-state index contributed by atoms with van der Waals surface area (Å²) in [6.07, 6.45) is 10.9. The minimum absolute atomic E-state index is 0.0541. The molecule has 2 unspecified atom stereocenters. The maximum atomic E-state index is 13.1. The van der Waals surface area contributed by atoms with Crippen LogP contribution in [0.5, 0.6) is 0 Å². The van der Waals surface area contributed by atoms with Gasteiger partial charge in [0.15, 0.2) is 0 Å². The molecule has 6 nitrogen and oxygen atoms in total. The largest absolute Gasteiger partial charge is 0.469 e. The Labute approximate surface area is 201 Å². The van der Waals surface area contributed by atoms with E-state index in [1.165, 1.54) is 31.4 Å². The van der Waals surface area contributed by atoms with Crippen LogP contribution < -0.4 is 0 Å². The van der Waals surface area contributed by atoms with E-state index in [-0.39, 0.29) is 33.7 Å². The fourth-order valence-corrected chi connectivity index (χ4v) is 5.65. The van der Waals surface area contributed by atoms with Crippen molar-refractivity contribution >= 4 is 21.6 Å². The minimum Gasteiger partial charge on any atom is -0.469 e. The lowest BCUT2D eigenvalue weighted by atomic mass is 9.96. The number of sulfone groups is 1. The number of rotatable bonds is 8. The number of benzene rings is 1. The quantitative estimate of drug-likeness (QED) is 0.198. The predicted octanol–water partition coefficient (Wildman–Crippen LogP) is 3.92. The molecule has 0 saturated heterocycles. The fourth-order valence-electron chi connectivity index (χ4n) is 4.20. The first kappa shape index (κ1) is 25.7. The molecule has 0 aromatic heterocycles. The van der Waals surface area contributed by atoms with E-state index in [1.807, 2.05) is 0 Å². The van der Waals surface area contributed by atoms with E-state index in [0.29, 0.717) is 12.8 Å². The van der Waals surface area contributed by atoms with Gasteiger partial charge in [0.05, 0.1) is 18.1 Å². The molecule has 0 amide bonds. The molecule has 0 heterocycles. The topological polar surface area (TPSA) is 97.7 Å². The summed E-state index contributed by atoms with van der Waals surface area (Å²) in [5, 5.41) is 10.5. The van der Waals surface area contributed by atoms with Crippen LogP contribution in [0, 0.1) is 23.7 Å². The molecule has 7 heteroatoms. The second kappa shape index (κ2) is 12.0. The van der Waals surface area contributed by atoms with Gasteiger partial charge in [-0.05, 0) is 49.5 Å². The summed E-state index contributed by atoms with van der Waals surface area (Å²) >= 11 is 0. The number of aliphatic hydroxyl groups excluding tert-OH is 1. The van der Waals surface area contributed by atoms with Gasteiger partial charge >= 0.3 is 5.97 Å². The Morgan fingerprint density at radius 1 is 1.24 bits per heavy atom. The molecule has 34 heavy (non-hydrogen) atoms. The highest BCUT2D eigenvalue weighted by Gasteiger charge is 2.37. The first-order valence-corrected chi connectivity index (χ1v) is 13.0. The number of esters is 1. The first-order chi connectivity index (χ1) is 16.3. The predicted molar refractivity (Wildman–Crippen MR) is 129 cm³/mol. The van der Waals surface area contributed by atoms with E-state index in [0.717, 1.165) is 25.7 Å². The molecule has 1 aromatic rings. The Morgan fingerprint density at radius 2 is 1.94 bits per heavy atom. The van der Waals surface area contributed by atoms with Crippen LogP contribution in [-0.2, 0) is 24.2 Å². The summed E-state index contributed by atoms with van der Waals surface area (Å²) in [7, 11) is -2.66. The zero-order valence-electron chi connectivity index (χ0n) is 19.3. The van der Waals surface area contributed by atoms with E-state index < -0.39 is 27.6 Å². The van der Waals surface area contributed by atoms with Gasteiger partial charge in [0.1, 0.15) is 4.91 Å². The van der Waals surface area contributed by atoms with Crippen LogP contribution >= 0.6 is 0 Å². The van der Waals surface area contributed by atoms with Crippen molar-refractivity contribution in [1.29, 1.82) is 0 Å². The van der Waals surface area contributed by atoms with Crippen LogP contribution in [0.3, 0.4) is 0 Å². The number of unbranched alkanes of at least 4 members (excludes halogenated alkanes) is 1. The smallest absolute Gasteiger partial charge is 0.305 e. The zero-order valence-corrected chi connectivity index (χ0v) is 20.1. The Balaban J connectivity index is 1.84. The van der Waals surface area contributed by atoms with E-state index in [4.69, 9.17) is 0 Å². The van der Waals surface area contributed by atoms with Crippen molar-refractivity contribution in [3.8, 4) is 11.8 Å². The van der Waals surface area contributed by atoms with E-state index in [1.54, 1.807) is 30.4 Å². The molecule has 0 aliphatic heterocycles. The van der Waals surface area contributed by atoms with Gasteiger partial charge < -0.3 is 9.84 Å². The zero-order chi connectivity index (χ0) is 24.6. The lowest BCUT2D eigenvalue weighted by Gasteiger charge is -2.14. The van der Waals surface area contributed by atoms with Crippen LogP contribution in [0.1, 0.15) is 44.9 Å². The number of ketones is 1. The summed E-state index contributed by atoms with van der Waals surface area (Å²) < 4.78 is 30.8. The summed E-state index contributed by atoms with van der Waals surface area (Å²) in [6.45, 7) is 0. The summed E-state index contributed by atoms with van der Waals surface area (Å²) in [4.78, 5) is 24.1. The highest BCUT2D eigenvalue weighted by atomic mass is 32.2. The highest BCUT2D eigenvalue weighted by molar-refractivity contribution is 7.96. The molecule has 0 spiro atoms. The number of hydrogen-bond acceptors (Lipinski definition) is 6. The fraction of sp³-hybridized carbons (Fsp3) is 0.407. The standard InChI is InChI=1S/C27H30O6S/c1-33-26(29)16-8-3-2-7-15-23-21(17-18-24(28)20-11-9-10-12-20)19-25(27(23)30)34(31,32)22-13-5-4-6-14-22/h4-6,13-15,17-21,24,28H,3,8-12,16H2,1H3/b18-17+,23-15-. The third kappa shape index (κ3) is 6.34. The number of Topliss-reactive ketones (excluding diaryl/α,β-unsaturated/α-hetero) is 1. The van der Waals surface area contributed by atoms with Crippen molar-refractivity contribution in [2.75, 3.05) is 7.11 Å². The maximum Gasteiger partial charge on any atom is 0.305 e. The van der Waals surface area contributed by atoms with E-state index >= 15 is 0 Å². The maximum absolute atomic E-state index is 13.1. The third-order valence-electron chi connectivity index (χ3n) is 6.16. The average molecular weight is 483 g/mol. The van der Waals surface area contributed by atoms with Gasteiger partial charge in [-0.2, -0.15) is 0 Å². The van der Waals surface area contributed by atoms with Crippen molar-refractivity contribution in [2.24, 2.45) is 11.8 Å². The van der Waals surface area contributed by atoms with Gasteiger partial charge in [-0.1, -0.05) is 55.0 Å². The van der Waals surface area contributed by atoms with Gasteiger partial charge in [-0.15, -0.1) is 0 Å². The summed E-state index contributed by atoms with van der Waals surface area (Å²) in [6, 6.07) is 7.85. The van der Waals surface area contributed by atoms with Crippen LogP contribution in [0.15, 0.2) is 70.0 Å². The number of allylic oxidation sites excluding steroid dienone is 5. The summed E-state index contributed by atoms with van der Waals surface area (Å²) in [5.41, 5.74) is 0.254. The monoisotopic (exact) mass is 482 g/mol. The van der Waals surface area contributed by atoms with Gasteiger partial charge in [0.2, 0.25) is 15.6 Å². The first-order valence-electron chi connectivity index (χ1n) is 11.5. The molecule has 1 aromatic carbocycles. The number of carbonyl (C=O) groups is 2. The van der Waals surface area contributed by atoms with Crippen LogP contribution in [0.25, 0.3) is 0 Å². The third-order valence-corrected chi connectivity index (χ3v) is 7.95. The molecular weight excluding hydrogens is 452 g/mol. The SMILES string of the molecule is COC(=O)CCCC#C/C=C1\C(=O)C(S(=O)(=O)c2ccccc2)=CC1/C=C/C(O)C1CCCC1. The number of hydrogen-bond donors (Lipinski definition) is 1. The Morgan fingerprint density at radius 3 is 2.62 bits per heavy atom. The highest BCUT2D eigenvalue weighted by Crippen LogP contribution is 2.35. The van der Waals surface area contributed by atoms with E-state index in [2.05, 4.69) is 16.6 Å².